The molecular formula is C13H14O4. The van der Waals surface area contributed by atoms with Crippen molar-refractivity contribution in [3.05, 3.63) is 29.8 Å². The van der Waals surface area contributed by atoms with Crippen LogP contribution in [-0.4, -0.2) is 30.9 Å². The van der Waals surface area contributed by atoms with Gasteiger partial charge in [-0.3, -0.25) is 0 Å². The number of ether oxygens (including phenoxy) is 2. The van der Waals surface area contributed by atoms with Gasteiger partial charge in [-0.2, -0.15) is 0 Å². The predicted molar refractivity (Wildman–Crippen MR) is 62.5 cm³/mol. The Hall–Kier alpha value is -1.99. The molecule has 0 bridgehead atoms. The second-order valence-corrected chi connectivity index (χ2v) is 3.05. The minimum absolute atomic E-state index is 0.147. The van der Waals surface area contributed by atoms with Gasteiger partial charge in [0.1, 0.15) is 12.4 Å². The maximum Gasteiger partial charge on any atom is 0.344 e. The summed E-state index contributed by atoms with van der Waals surface area (Å²) >= 11 is 0. The van der Waals surface area contributed by atoms with Crippen molar-refractivity contribution >= 4 is 5.97 Å². The number of aliphatic hydroxyl groups is 1. The highest BCUT2D eigenvalue weighted by Gasteiger charge is 2.05. The number of hydrogen-bond donors (Lipinski definition) is 1. The maximum atomic E-state index is 11.1. The Kier molecular flexibility index (Phi) is 5.62. The average Bonchev–Trinajstić information content (AvgIpc) is 2.35. The molecule has 4 nitrogen and oxygen atoms in total. The number of hydrogen-bond acceptors (Lipinski definition) is 4. The van der Waals surface area contributed by atoms with E-state index in [2.05, 4.69) is 11.8 Å². The first kappa shape index (κ1) is 13.1. The highest BCUT2D eigenvalue weighted by atomic mass is 16.6. The van der Waals surface area contributed by atoms with Gasteiger partial charge in [0.25, 0.3) is 0 Å². The zero-order valence-corrected chi connectivity index (χ0v) is 9.60. The van der Waals surface area contributed by atoms with E-state index < -0.39 is 5.97 Å². The molecule has 0 spiro atoms. The summed E-state index contributed by atoms with van der Waals surface area (Å²) in [6, 6.07) is 7.05. The molecule has 0 radical (unpaired) electrons. The van der Waals surface area contributed by atoms with Crippen molar-refractivity contribution < 1.29 is 19.4 Å². The Bertz CT molecular complexity index is 429. The van der Waals surface area contributed by atoms with Gasteiger partial charge < -0.3 is 14.6 Å². The number of aliphatic hydroxyl groups excluding tert-OH is 1. The van der Waals surface area contributed by atoms with Crippen LogP contribution in [0.4, 0.5) is 0 Å². The van der Waals surface area contributed by atoms with Crippen LogP contribution in [0.5, 0.6) is 5.75 Å². The van der Waals surface area contributed by atoms with Crippen LogP contribution in [0.1, 0.15) is 12.5 Å². The van der Waals surface area contributed by atoms with Crippen LogP contribution in [-0.2, 0) is 9.53 Å². The fourth-order valence-corrected chi connectivity index (χ4v) is 1.17. The summed E-state index contributed by atoms with van der Waals surface area (Å²) in [4.78, 5) is 11.1. The van der Waals surface area contributed by atoms with E-state index in [-0.39, 0.29) is 13.2 Å². The minimum atomic E-state index is -0.419. The van der Waals surface area contributed by atoms with Gasteiger partial charge >= 0.3 is 5.97 Å². The summed E-state index contributed by atoms with van der Waals surface area (Å²) < 4.78 is 10.0. The molecule has 1 N–H and O–H groups in total. The van der Waals surface area contributed by atoms with Crippen LogP contribution >= 0.6 is 0 Å². The second kappa shape index (κ2) is 7.31. The average molecular weight is 234 g/mol. The molecule has 0 heterocycles. The summed E-state index contributed by atoms with van der Waals surface area (Å²) in [7, 11) is 0. The van der Waals surface area contributed by atoms with Gasteiger partial charge in [0, 0.05) is 0 Å². The Balaban J connectivity index is 2.67. The Labute approximate surface area is 100 Å². The quantitative estimate of drug-likeness (QED) is 0.623. The van der Waals surface area contributed by atoms with Crippen LogP contribution in [0.15, 0.2) is 24.3 Å². The molecule has 0 aliphatic rings. The highest BCUT2D eigenvalue weighted by Crippen LogP contribution is 2.16. The molecule has 17 heavy (non-hydrogen) atoms. The first-order chi connectivity index (χ1) is 8.27. The Morgan fingerprint density at radius 3 is 2.88 bits per heavy atom. The van der Waals surface area contributed by atoms with E-state index in [1.807, 2.05) is 0 Å². The van der Waals surface area contributed by atoms with Gasteiger partial charge in [-0.15, -0.1) is 0 Å². The predicted octanol–water partition coefficient (Wildman–Crippen LogP) is 0.972. The standard InChI is InChI=1S/C13H14O4/c1-2-16-13(15)10-17-12-8-4-3-6-11(12)7-5-9-14/h3-4,6,8,14H,2,9-10H2,1H3. The largest absolute Gasteiger partial charge is 0.481 e. The normalized spacial score (nSPS) is 9.06. The zero-order chi connectivity index (χ0) is 12.5. The zero-order valence-electron chi connectivity index (χ0n) is 9.60. The Morgan fingerprint density at radius 1 is 1.41 bits per heavy atom. The van der Waals surface area contributed by atoms with E-state index in [1.54, 1.807) is 31.2 Å². The van der Waals surface area contributed by atoms with E-state index in [9.17, 15) is 4.79 Å². The molecule has 4 heteroatoms. The van der Waals surface area contributed by atoms with Crippen LogP contribution in [0.3, 0.4) is 0 Å². The van der Waals surface area contributed by atoms with E-state index in [0.29, 0.717) is 17.9 Å². The third-order valence-corrected chi connectivity index (χ3v) is 1.84. The monoisotopic (exact) mass is 234 g/mol. The number of para-hydroxylation sites is 1. The van der Waals surface area contributed by atoms with Crippen molar-refractivity contribution in [2.45, 2.75) is 6.92 Å². The van der Waals surface area contributed by atoms with Crippen molar-refractivity contribution in [1.82, 2.24) is 0 Å². The lowest BCUT2D eigenvalue weighted by Crippen LogP contribution is -2.14. The van der Waals surface area contributed by atoms with Crippen LogP contribution in [0, 0.1) is 11.8 Å². The van der Waals surface area contributed by atoms with E-state index in [0.717, 1.165) is 0 Å². The summed E-state index contributed by atoms with van der Waals surface area (Å²) in [6.45, 7) is 1.70. The summed E-state index contributed by atoms with van der Waals surface area (Å²) in [5.41, 5.74) is 0.630. The molecule has 0 amide bonds. The smallest absolute Gasteiger partial charge is 0.344 e. The van der Waals surface area contributed by atoms with Crippen molar-refractivity contribution in [3.8, 4) is 17.6 Å². The van der Waals surface area contributed by atoms with Crippen molar-refractivity contribution in [1.29, 1.82) is 0 Å². The SMILES string of the molecule is CCOC(=O)COc1ccccc1C#CCO. The molecule has 0 atom stereocenters. The maximum absolute atomic E-state index is 11.1. The van der Waals surface area contributed by atoms with E-state index in [1.165, 1.54) is 0 Å². The minimum Gasteiger partial charge on any atom is -0.481 e. The molecule has 1 aromatic rings. The Morgan fingerprint density at radius 2 is 2.18 bits per heavy atom. The lowest BCUT2D eigenvalue weighted by atomic mass is 10.2. The molecule has 0 saturated heterocycles. The molecule has 0 fully saturated rings. The topological polar surface area (TPSA) is 55.8 Å². The molecule has 0 aliphatic heterocycles. The second-order valence-electron chi connectivity index (χ2n) is 3.05. The molecule has 0 saturated carbocycles. The molecule has 0 aliphatic carbocycles. The van der Waals surface area contributed by atoms with Gasteiger partial charge in [0.15, 0.2) is 6.61 Å². The fraction of sp³-hybridized carbons (Fsp3) is 0.308. The third kappa shape index (κ3) is 4.58. The summed E-state index contributed by atoms with van der Waals surface area (Å²) in [5.74, 6) is 5.35. The van der Waals surface area contributed by atoms with Gasteiger partial charge in [0.05, 0.1) is 12.2 Å². The molecule has 0 unspecified atom stereocenters. The molecule has 0 aromatic heterocycles. The lowest BCUT2D eigenvalue weighted by molar-refractivity contribution is -0.145. The van der Waals surface area contributed by atoms with Crippen LogP contribution in [0.2, 0.25) is 0 Å². The molecule has 90 valence electrons. The van der Waals surface area contributed by atoms with Gasteiger partial charge in [-0.05, 0) is 19.1 Å². The number of esters is 1. The van der Waals surface area contributed by atoms with Crippen molar-refractivity contribution in [2.24, 2.45) is 0 Å². The van der Waals surface area contributed by atoms with Crippen LogP contribution < -0.4 is 4.74 Å². The fourth-order valence-electron chi connectivity index (χ4n) is 1.17. The number of rotatable bonds is 4. The number of benzene rings is 1. The lowest BCUT2D eigenvalue weighted by Gasteiger charge is -2.07. The van der Waals surface area contributed by atoms with Gasteiger partial charge in [-0.1, -0.05) is 24.0 Å². The molecule has 1 aromatic carbocycles. The van der Waals surface area contributed by atoms with Gasteiger partial charge in [-0.25, -0.2) is 4.79 Å². The van der Waals surface area contributed by atoms with Gasteiger partial charge in [0.2, 0.25) is 0 Å². The highest BCUT2D eigenvalue weighted by molar-refractivity contribution is 5.71. The van der Waals surface area contributed by atoms with Crippen LogP contribution in [0.25, 0.3) is 0 Å². The molecular weight excluding hydrogens is 220 g/mol. The van der Waals surface area contributed by atoms with E-state index in [4.69, 9.17) is 14.6 Å². The number of carbonyl (C=O) groups is 1. The van der Waals surface area contributed by atoms with Crippen molar-refractivity contribution in [2.75, 3.05) is 19.8 Å². The first-order valence-corrected chi connectivity index (χ1v) is 5.25. The molecule has 1 rings (SSSR count). The first-order valence-electron chi connectivity index (χ1n) is 5.25. The van der Waals surface area contributed by atoms with E-state index >= 15 is 0 Å². The summed E-state index contributed by atoms with van der Waals surface area (Å²) in [6.07, 6.45) is 0. The summed E-state index contributed by atoms with van der Waals surface area (Å²) in [5, 5.41) is 8.62. The van der Waals surface area contributed by atoms with Crippen molar-refractivity contribution in [3.63, 3.8) is 0 Å². The third-order valence-electron chi connectivity index (χ3n) is 1.84. The number of carbonyl (C=O) groups excluding carboxylic acids is 1.